The van der Waals surface area contributed by atoms with Crippen molar-refractivity contribution < 1.29 is 23.8 Å². The van der Waals surface area contributed by atoms with Crippen molar-refractivity contribution in [2.45, 2.75) is 232 Å². The maximum Gasteiger partial charge on any atom is 0.306 e. The lowest BCUT2D eigenvalue weighted by Gasteiger charge is -2.18. The molecule has 0 aromatic rings. The SMILES string of the molecule is CCC/C=C\C/C=C\CCCCCCCC(=O)OC(COCCCCCCCCCC)COC(=O)CCCCCCCC/C=C\C/C=C\C/C=C\CCCCC. The summed E-state index contributed by atoms with van der Waals surface area (Å²) in [6.45, 7) is 7.70. The minimum absolute atomic E-state index is 0.0728. The second-order valence-corrected chi connectivity index (χ2v) is 15.7. The summed E-state index contributed by atoms with van der Waals surface area (Å²) in [6.07, 6.45) is 57.9. The lowest BCUT2D eigenvalue weighted by Crippen LogP contribution is -2.30. The fourth-order valence-corrected chi connectivity index (χ4v) is 6.44. The van der Waals surface area contributed by atoms with Crippen LogP contribution < -0.4 is 0 Å². The van der Waals surface area contributed by atoms with Crippen molar-refractivity contribution in [3.8, 4) is 0 Å². The van der Waals surface area contributed by atoms with Gasteiger partial charge in [0.1, 0.15) is 6.61 Å². The van der Waals surface area contributed by atoms with E-state index in [1.807, 2.05) is 0 Å². The van der Waals surface area contributed by atoms with Gasteiger partial charge in [0.2, 0.25) is 0 Å². The molecule has 0 bridgehead atoms. The lowest BCUT2D eigenvalue weighted by molar-refractivity contribution is -0.163. The smallest absolute Gasteiger partial charge is 0.306 e. The zero-order valence-corrected chi connectivity index (χ0v) is 37.1. The van der Waals surface area contributed by atoms with Crippen LogP contribution in [0.4, 0.5) is 0 Å². The molecule has 5 heteroatoms. The summed E-state index contributed by atoms with van der Waals surface area (Å²) in [4.78, 5) is 25.2. The highest BCUT2D eigenvalue weighted by Crippen LogP contribution is 2.13. The number of rotatable bonds is 43. The zero-order chi connectivity index (χ0) is 40.7. The molecule has 0 rings (SSSR count). The monoisotopic (exact) mass is 783 g/mol. The third-order valence-electron chi connectivity index (χ3n) is 10.0. The molecule has 5 nitrogen and oxygen atoms in total. The number of ether oxygens (including phenoxy) is 3. The first-order valence-electron chi connectivity index (χ1n) is 23.8. The molecule has 0 radical (unpaired) electrons. The Labute approximate surface area is 347 Å². The molecule has 0 fully saturated rings. The van der Waals surface area contributed by atoms with Crippen molar-refractivity contribution in [1.29, 1.82) is 0 Å². The molecule has 0 saturated heterocycles. The first kappa shape index (κ1) is 53.6. The van der Waals surface area contributed by atoms with Gasteiger partial charge in [0.15, 0.2) is 6.10 Å². The van der Waals surface area contributed by atoms with Crippen LogP contribution in [0.25, 0.3) is 0 Å². The van der Waals surface area contributed by atoms with E-state index in [1.165, 1.54) is 109 Å². The predicted octanol–water partition coefficient (Wildman–Crippen LogP) is 15.8. The third-order valence-corrected chi connectivity index (χ3v) is 10.0. The molecule has 56 heavy (non-hydrogen) atoms. The Hall–Kier alpha value is -2.40. The summed E-state index contributed by atoms with van der Waals surface area (Å²) < 4.78 is 17.3. The predicted molar refractivity (Wildman–Crippen MR) is 242 cm³/mol. The highest BCUT2D eigenvalue weighted by molar-refractivity contribution is 5.70. The van der Waals surface area contributed by atoms with Crippen LogP contribution in [0, 0.1) is 0 Å². The number of allylic oxidation sites excluding steroid dienone is 10. The van der Waals surface area contributed by atoms with Gasteiger partial charge in [-0.15, -0.1) is 0 Å². The van der Waals surface area contributed by atoms with Crippen molar-refractivity contribution in [1.82, 2.24) is 0 Å². The Kier molecular flexibility index (Phi) is 45.0. The highest BCUT2D eigenvalue weighted by Gasteiger charge is 2.17. The van der Waals surface area contributed by atoms with Crippen LogP contribution in [-0.4, -0.2) is 37.9 Å². The van der Waals surface area contributed by atoms with Gasteiger partial charge in [-0.05, 0) is 83.5 Å². The third kappa shape index (κ3) is 44.3. The second-order valence-electron chi connectivity index (χ2n) is 15.7. The summed E-state index contributed by atoms with van der Waals surface area (Å²) in [5.41, 5.74) is 0. The summed E-state index contributed by atoms with van der Waals surface area (Å²) in [5.74, 6) is -0.427. The van der Waals surface area contributed by atoms with E-state index in [0.717, 1.165) is 83.5 Å². The van der Waals surface area contributed by atoms with E-state index >= 15 is 0 Å². The molecule has 0 aliphatic carbocycles. The van der Waals surface area contributed by atoms with Gasteiger partial charge in [0.25, 0.3) is 0 Å². The molecular weight excluding hydrogens is 693 g/mol. The lowest BCUT2D eigenvalue weighted by atomic mass is 10.1. The Bertz CT molecular complexity index is 977. The van der Waals surface area contributed by atoms with Gasteiger partial charge >= 0.3 is 11.9 Å². The molecule has 0 spiro atoms. The molecule has 1 unspecified atom stereocenters. The molecule has 0 amide bonds. The van der Waals surface area contributed by atoms with E-state index in [4.69, 9.17) is 14.2 Å². The summed E-state index contributed by atoms with van der Waals surface area (Å²) in [7, 11) is 0. The van der Waals surface area contributed by atoms with Crippen molar-refractivity contribution in [3.05, 3.63) is 60.8 Å². The number of esters is 2. The number of unbranched alkanes of at least 4 members (excludes halogenated alkanes) is 22. The van der Waals surface area contributed by atoms with Crippen LogP contribution in [0.15, 0.2) is 60.8 Å². The second kappa shape index (κ2) is 47.0. The Morgan fingerprint density at radius 3 is 1.30 bits per heavy atom. The molecule has 0 N–H and O–H groups in total. The quantitative estimate of drug-likeness (QED) is 0.0350. The Morgan fingerprint density at radius 1 is 0.393 bits per heavy atom. The van der Waals surface area contributed by atoms with Gasteiger partial charge in [-0.1, -0.05) is 191 Å². The van der Waals surface area contributed by atoms with Gasteiger partial charge in [-0.25, -0.2) is 0 Å². The average molecular weight is 783 g/mol. The number of hydrogen-bond acceptors (Lipinski definition) is 5. The summed E-state index contributed by atoms with van der Waals surface area (Å²) >= 11 is 0. The van der Waals surface area contributed by atoms with E-state index in [0.29, 0.717) is 19.4 Å². The minimum Gasteiger partial charge on any atom is -0.462 e. The molecule has 0 aliphatic heterocycles. The molecule has 324 valence electrons. The van der Waals surface area contributed by atoms with Crippen LogP contribution in [0.2, 0.25) is 0 Å². The van der Waals surface area contributed by atoms with Gasteiger partial charge in [0.05, 0.1) is 6.61 Å². The fourth-order valence-electron chi connectivity index (χ4n) is 6.44. The van der Waals surface area contributed by atoms with Crippen LogP contribution in [0.5, 0.6) is 0 Å². The van der Waals surface area contributed by atoms with E-state index in [1.54, 1.807) is 0 Å². The average Bonchev–Trinajstić information content (AvgIpc) is 3.20. The molecular formula is C51H90O5. The first-order valence-corrected chi connectivity index (χ1v) is 23.8. The molecule has 0 saturated carbocycles. The normalized spacial score (nSPS) is 12.7. The minimum atomic E-state index is -0.545. The van der Waals surface area contributed by atoms with Crippen LogP contribution in [-0.2, 0) is 23.8 Å². The van der Waals surface area contributed by atoms with E-state index in [-0.39, 0.29) is 25.2 Å². The van der Waals surface area contributed by atoms with E-state index in [2.05, 4.69) is 81.5 Å². The van der Waals surface area contributed by atoms with Crippen molar-refractivity contribution in [2.24, 2.45) is 0 Å². The molecule has 1 atom stereocenters. The van der Waals surface area contributed by atoms with Crippen molar-refractivity contribution >= 4 is 11.9 Å². The van der Waals surface area contributed by atoms with Gasteiger partial charge in [-0.3, -0.25) is 9.59 Å². The summed E-state index contributed by atoms with van der Waals surface area (Å²) in [5, 5.41) is 0. The van der Waals surface area contributed by atoms with E-state index < -0.39 is 6.10 Å². The van der Waals surface area contributed by atoms with Gasteiger partial charge < -0.3 is 14.2 Å². The van der Waals surface area contributed by atoms with Gasteiger partial charge in [-0.2, -0.15) is 0 Å². The van der Waals surface area contributed by atoms with Crippen molar-refractivity contribution in [2.75, 3.05) is 19.8 Å². The maximum absolute atomic E-state index is 12.7. The molecule has 0 heterocycles. The Balaban J connectivity index is 4.20. The van der Waals surface area contributed by atoms with Crippen LogP contribution in [0.3, 0.4) is 0 Å². The largest absolute Gasteiger partial charge is 0.462 e. The molecule has 0 aliphatic rings. The van der Waals surface area contributed by atoms with E-state index in [9.17, 15) is 9.59 Å². The van der Waals surface area contributed by atoms with Gasteiger partial charge in [0, 0.05) is 19.4 Å². The topological polar surface area (TPSA) is 61.8 Å². The number of carbonyl (C=O) groups is 2. The summed E-state index contributed by atoms with van der Waals surface area (Å²) in [6, 6.07) is 0. The fraction of sp³-hybridized carbons (Fsp3) is 0.765. The van der Waals surface area contributed by atoms with Crippen molar-refractivity contribution in [3.63, 3.8) is 0 Å². The number of carbonyl (C=O) groups excluding carboxylic acids is 2. The molecule has 0 aromatic carbocycles. The highest BCUT2D eigenvalue weighted by atomic mass is 16.6. The number of hydrogen-bond donors (Lipinski definition) is 0. The standard InChI is InChI=1S/C51H90O5/c1-4-7-10-13-16-19-21-23-24-25-26-27-28-30-31-33-35-38-41-44-50(52)55-48-49(47-54-46-43-40-37-18-15-12-9-6-3)56-51(53)45-42-39-36-34-32-29-22-20-17-14-11-8-5-2/h11,14,16,19-20,22-24,26-27,49H,4-10,12-13,15,17-18,21,25,28-48H2,1-3H3/b14-11-,19-16-,22-20-,24-23-,27-26-. The molecule has 0 aromatic heterocycles. The maximum atomic E-state index is 12.7. The van der Waals surface area contributed by atoms with Crippen LogP contribution >= 0.6 is 0 Å². The first-order chi connectivity index (χ1) is 27.6. The zero-order valence-electron chi connectivity index (χ0n) is 37.1. The van der Waals surface area contributed by atoms with Crippen LogP contribution in [0.1, 0.15) is 226 Å². The Morgan fingerprint density at radius 2 is 0.786 bits per heavy atom.